The lowest BCUT2D eigenvalue weighted by Crippen LogP contribution is -2.28. The van der Waals surface area contributed by atoms with Crippen molar-refractivity contribution in [2.75, 3.05) is 25.5 Å². The Balaban J connectivity index is 2.37. The van der Waals surface area contributed by atoms with Crippen LogP contribution in [0, 0.1) is 11.8 Å². The van der Waals surface area contributed by atoms with Crippen molar-refractivity contribution < 1.29 is 9.53 Å². The molecule has 0 atom stereocenters. The van der Waals surface area contributed by atoms with Gasteiger partial charge in [-0.15, -0.1) is 11.8 Å². The van der Waals surface area contributed by atoms with Crippen LogP contribution in [0.15, 0.2) is 24.3 Å². The summed E-state index contributed by atoms with van der Waals surface area (Å²) in [7, 11) is 1.58. The summed E-state index contributed by atoms with van der Waals surface area (Å²) in [6, 6.07) is 7.32. The molecule has 0 aliphatic rings. The van der Waals surface area contributed by atoms with Crippen LogP contribution in [-0.4, -0.2) is 26.1 Å². The maximum Gasteiger partial charge on any atom is 0.238 e. The summed E-state index contributed by atoms with van der Waals surface area (Å²) in [4.78, 5) is 11.6. The van der Waals surface area contributed by atoms with Crippen molar-refractivity contribution in [2.45, 2.75) is 13.3 Å². The van der Waals surface area contributed by atoms with E-state index in [1.165, 1.54) is 0 Å². The van der Waals surface area contributed by atoms with Crippen LogP contribution in [0.25, 0.3) is 0 Å². The number of ether oxygens (including phenoxy) is 1. The van der Waals surface area contributed by atoms with Gasteiger partial charge in [0.2, 0.25) is 5.91 Å². The van der Waals surface area contributed by atoms with Gasteiger partial charge in [0.25, 0.3) is 0 Å². The van der Waals surface area contributed by atoms with Crippen LogP contribution in [0.2, 0.25) is 0 Å². The van der Waals surface area contributed by atoms with Crippen LogP contribution in [0.3, 0.4) is 0 Å². The Labute approximate surface area is 108 Å². The molecular weight excluding hydrogens is 228 g/mol. The van der Waals surface area contributed by atoms with Crippen molar-refractivity contribution in [1.29, 1.82) is 0 Å². The molecule has 96 valence electrons. The van der Waals surface area contributed by atoms with Gasteiger partial charge in [-0.25, -0.2) is 0 Å². The van der Waals surface area contributed by atoms with E-state index in [0.717, 1.165) is 6.42 Å². The Morgan fingerprint density at radius 1 is 1.39 bits per heavy atom. The summed E-state index contributed by atoms with van der Waals surface area (Å²) >= 11 is 0. The third-order valence-electron chi connectivity index (χ3n) is 2.27. The van der Waals surface area contributed by atoms with Gasteiger partial charge in [-0.3, -0.25) is 4.79 Å². The predicted molar refractivity (Wildman–Crippen MR) is 72.6 cm³/mol. The lowest BCUT2D eigenvalue weighted by atomic mass is 10.3. The molecule has 2 N–H and O–H groups in total. The zero-order valence-electron chi connectivity index (χ0n) is 10.7. The van der Waals surface area contributed by atoms with Gasteiger partial charge in [0.1, 0.15) is 5.75 Å². The summed E-state index contributed by atoms with van der Waals surface area (Å²) < 4.78 is 5.15. The number of para-hydroxylation sites is 2. The molecule has 18 heavy (non-hydrogen) atoms. The largest absolute Gasteiger partial charge is 0.495 e. The van der Waals surface area contributed by atoms with Gasteiger partial charge in [-0.2, -0.15) is 0 Å². The van der Waals surface area contributed by atoms with E-state index < -0.39 is 0 Å². The summed E-state index contributed by atoms with van der Waals surface area (Å²) in [6.45, 7) is 2.78. The number of methoxy groups -OCH3 is 1. The predicted octanol–water partition coefficient (Wildman–Crippen LogP) is 1.64. The standard InChI is InChI=1S/C14H18N2O2/c1-3-4-7-10-15-11-14(17)16-12-8-5-6-9-13(12)18-2/h5-6,8-9,15H,7,10-11H2,1-2H3,(H,16,17). The second kappa shape index (κ2) is 8.15. The van der Waals surface area contributed by atoms with E-state index in [9.17, 15) is 4.79 Å². The minimum atomic E-state index is -0.0936. The Kier molecular flexibility index (Phi) is 6.37. The molecule has 0 bridgehead atoms. The molecule has 4 nitrogen and oxygen atoms in total. The molecule has 0 unspecified atom stereocenters. The molecule has 0 fully saturated rings. The first-order chi connectivity index (χ1) is 8.77. The average Bonchev–Trinajstić information content (AvgIpc) is 2.39. The molecule has 1 aromatic carbocycles. The maximum absolute atomic E-state index is 11.6. The van der Waals surface area contributed by atoms with Gasteiger partial charge in [-0.05, 0) is 19.1 Å². The highest BCUT2D eigenvalue weighted by Crippen LogP contribution is 2.22. The number of rotatable bonds is 6. The van der Waals surface area contributed by atoms with E-state index in [2.05, 4.69) is 22.5 Å². The highest BCUT2D eigenvalue weighted by atomic mass is 16.5. The summed E-state index contributed by atoms with van der Waals surface area (Å²) in [6.07, 6.45) is 0.748. The molecule has 0 aliphatic heterocycles. The van der Waals surface area contributed by atoms with Crippen molar-refractivity contribution in [3.05, 3.63) is 24.3 Å². The Bertz CT molecular complexity index is 447. The number of benzene rings is 1. The van der Waals surface area contributed by atoms with Gasteiger partial charge in [0.05, 0.1) is 19.3 Å². The van der Waals surface area contributed by atoms with E-state index >= 15 is 0 Å². The minimum absolute atomic E-state index is 0.0936. The molecule has 0 heterocycles. The quantitative estimate of drug-likeness (QED) is 0.592. The third kappa shape index (κ3) is 4.89. The number of anilines is 1. The van der Waals surface area contributed by atoms with Gasteiger partial charge in [0, 0.05) is 13.0 Å². The maximum atomic E-state index is 11.6. The van der Waals surface area contributed by atoms with Crippen LogP contribution in [0.1, 0.15) is 13.3 Å². The van der Waals surface area contributed by atoms with Crippen LogP contribution in [0.4, 0.5) is 5.69 Å². The molecule has 0 saturated carbocycles. The Morgan fingerprint density at radius 2 is 2.17 bits per heavy atom. The Morgan fingerprint density at radius 3 is 2.89 bits per heavy atom. The fraction of sp³-hybridized carbons (Fsp3) is 0.357. The van der Waals surface area contributed by atoms with E-state index in [1.54, 1.807) is 26.2 Å². The minimum Gasteiger partial charge on any atom is -0.495 e. The van der Waals surface area contributed by atoms with E-state index in [0.29, 0.717) is 18.0 Å². The van der Waals surface area contributed by atoms with Crippen molar-refractivity contribution in [2.24, 2.45) is 0 Å². The van der Waals surface area contributed by atoms with Crippen LogP contribution in [0.5, 0.6) is 5.75 Å². The molecule has 1 rings (SSSR count). The first kappa shape index (κ1) is 14.1. The topological polar surface area (TPSA) is 50.4 Å². The van der Waals surface area contributed by atoms with Gasteiger partial charge >= 0.3 is 0 Å². The van der Waals surface area contributed by atoms with Crippen molar-refractivity contribution in [3.8, 4) is 17.6 Å². The normalized spacial score (nSPS) is 9.22. The van der Waals surface area contributed by atoms with Crippen LogP contribution in [-0.2, 0) is 4.79 Å². The van der Waals surface area contributed by atoms with Crippen molar-refractivity contribution in [1.82, 2.24) is 5.32 Å². The third-order valence-corrected chi connectivity index (χ3v) is 2.27. The molecule has 0 spiro atoms. The van der Waals surface area contributed by atoms with E-state index in [4.69, 9.17) is 4.74 Å². The molecular formula is C14H18N2O2. The average molecular weight is 246 g/mol. The number of nitrogens with one attached hydrogen (secondary N) is 2. The Hall–Kier alpha value is -1.99. The lowest BCUT2D eigenvalue weighted by Gasteiger charge is -2.09. The van der Waals surface area contributed by atoms with Crippen molar-refractivity contribution in [3.63, 3.8) is 0 Å². The fourth-order valence-corrected chi connectivity index (χ4v) is 1.42. The van der Waals surface area contributed by atoms with Gasteiger partial charge < -0.3 is 15.4 Å². The molecule has 0 aromatic heterocycles. The number of carbonyl (C=O) groups is 1. The number of carbonyl (C=O) groups excluding carboxylic acids is 1. The van der Waals surface area contributed by atoms with Gasteiger partial charge in [-0.1, -0.05) is 12.1 Å². The second-order valence-electron chi connectivity index (χ2n) is 3.60. The smallest absolute Gasteiger partial charge is 0.238 e. The summed E-state index contributed by atoms with van der Waals surface area (Å²) in [5.74, 6) is 6.29. The molecule has 0 saturated heterocycles. The molecule has 0 aliphatic carbocycles. The first-order valence-corrected chi connectivity index (χ1v) is 5.81. The first-order valence-electron chi connectivity index (χ1n) is 5.81. The lowest BCUT2D eigenvalue weighted by molar-refractivity contribution is -0.115. The number of hydrogen-bond acceptors (Lipinski definition) is 3. The van der Waals surface area contributed by atoms with E-state index in [-0.39, 0.29) is 12.5 Å². The zero-order valence-corrected chi connectivity index (χ0v) is 10.7. The molecule has 1 amide bonds. The highest BCUT2D eigenvalue weighted by molar-refractivity contribution is 5.93. The monoisotopic (exact) mass is 246 g/mol. The number of hydrogen-bond donors (Lipinski definition) is 2. The summed E-state index contributed by atoms with van der Waals surface area (Å²) in [5.41, 5.74) is 0.681. The number of amides is 1. The van der Waals surface area contributed by atoms with Gasteiger partial charge in [0.15, 0.2) is 0 Å². The highest BCUT2D eigenvalue weighted by Gasteiger charge is 2.05. The molecule has 4 heteroatoms. The van der Waals surface area contributed by atoms with Crippen LogP contribution < -0.4 is 15.4 Å². The summed E-state index contributed by atoms with van der Waals surface area (Å²) in [5, 5.41) is 5.81. The fourth-order valence-electron chi connectivity index (χ4n) is 1.42. The van der Waals surface area contributed by atoms with E-state index in [1.807, 2.05) is 12.1 Å². The SMILES string of the molecule is CC#CCCNCC(=O)Nc1ccccc1OC. The zero-order chi connectivity index (χ0) is 13.2. The van der Waals surface area contributed by atoms with Crippen LogP contribution >= 0.6 is 0 Å². The van der Waals surface area contributed by atoms with Crippen molar-refractivity contribution >= 4 is 11.6 Å². The molecule has 0 radical (unpaired) electrons. The molecule has 1 aromatic rings. The second-order valence-corrected chi connectivity index (χ2v) is 3.60.